The van der Waals surface area contributed by atoms with E-state index in [1.807, 2.05) is 49.5 Å². The Morgan fingerprint density at radius 1 is 1.05 bits per heavy atom. The average molecular weight is 264 g/mol. The molecule has 2 aromatic carbocycles. The van der Waals surface area contributed by atoms with Crippen LogP contribution in [0.2, 0.25) is 0 Å². The van der Waals surface area contributed by atoms with E-state index in [1.165, 1.54) is 0 Å². The topological polar surface area (TPSA) is 48.0 Å². The highest BCUT2D eigenvalue weighted by atomic mass is 16.1. The molecule has 3 nitrogen and oxygen atoms in total. The molecule has 0 atom stereocenters. The third-order valence-electron chi connectivity index (χ3n) is 3.54. The van der Waals surface area contributed by atoms with E-state index in [1.54, 1.807) is 11.6 Å². The first-order valence-corrected chi connectivity index (χ1v) is 6.52. The number of anilines is 1. The number of nitrogens with two attached hydrogens (primary N) is 1. The molecule has 0 unspecified atom stereocenters. The number of pyridine rings is 1. The zero-order valence-electron chi connectivity index (χ0n) is 11.6. The molecular formula is C17H16N2O. The normalized spacial score (nSPS) is 10.9. The number of benzene rings is 2. The second-order valence-corrected chi connectivity index (χ2v) is 5.13. The van der Waals surface area contributed by atoms with Gasteiger partial charge in [0.25, 0.3) is 5.56 Å². The van der Waals surface area contributed by atoms with Crippen LogP contribution in [0.1, 0.15) is 5.56 Å². The smallest absolute Gasteiger partial charge is 0.258 e. The highest BCUT2D eigenvalue weighted by Gasteiger charge is 2.09. The zero-order chi connectivity index (χ0) is 14.3. The minimum Gasteiger partial charge on any atom is -0.399 e. The number of nitrogen functional groups attached to an aromatic ring is 1. The molecule has 0 fully saturated rings. The summed E-state index contributed by atoms with van der Waals surface area (Å²) in [6.45, 7) is 2.03. The molecule has 3 heteroatoms. The number of nitrogens with zero attached hydrogens (tertiary/aromatic N) is 1. The molecule has 0 amide bonds. The summed E-state index contributed by atoms with van der Waals surface area (Å²) in [4.78, 5) is 12.2. The van der Waals surface area contributed by atoms with Crippen molar-refractivity contribution in [3.8, 4) is 11.1 Å². The standard InChI is InChI=1S/C17H16N2O/c1-11-6-7-14-15(8-11)16(10-19(2)17(14)20)12-4-3-5-13(18)9-12/h3-10H,18H2,1-2H3. The van der Waals surface area contributed by atoms with Crippen molar-refractivity contribution >= 4 is 16.5 Å². The van der Waals surface area contributed by atoms with E-state index < -0.39 is 0 Å². The first kappa shape index (κ1) is 12.5. The Balaban J connectivity index is 2.44. The zero-order valence-corrected chi connectivity index (χ0v) is 11.6. The molecule has 100 valence electrons. The molecule has 20 heavy (non-hydrogen) atoms. The monoisotopic (exact) mass is 264 g/mol. The predicted octanol–water partition coefficient (Wildman–Crippen LogP) is 3.10. The lowest BCUT2D eigenvalue weighted by atomic mass is 9.99. The van der Waals surface area contributed by atoms with Crippen LogP contribution in [0, 0.1) is 6.92 Å². The van der Waals surface area contributed by atoms with Crippen molar-refractivity contribution in [2.24, 2.45) is 7.05 Å². The van der Waals surface area contributed by atoms with E-state index in [2.05, 4.69) is 6.07 Å². The number of aryl methyl sites for hydroxylation is 2. The van der Waals surface area contributed by atoms with Crippen LogP contribution in [0.3, 0.4) is 0 Å². The van der Waals surface area contributed by atoms with Crippen LogP contribution in [0.15, 0.2) is 53.5 Å². The molecule has 3 aromatic rings. The van der Waals surface area contributed by atoms with Crippen LogP contribution < -0.4 is 11.3 Å². The Morgan fingerprint density at radius 3 is 2.60 bits per heavy atom. The van der Waals surface area contributed by atoms with Gasteiger partial charge in [-0.25, -0.2) is 0 Å². The quantitative estimate of drug-likeness (QED) is 0.686. The second kappa shape index (κ2) is 4.53. The van der Waals surface area contributed by atoms with Gasteiger partial charge in [0, 0.05) is 29.9 Å². The SMILES string of the molecule is Cc1ccc2c(=O)n(C)cc(-c3cccc(N)c3)c2c1. The summed E-state index contributed by atoms with van der Waals surface area (Å²) in [7, 11) is 1.78. The minimum atomic E-state index is 0.0210. The van der Waals surface area contributed by atoms with Crippen LogP contribution >= 0.6 is 0 Å². The lowest BCUT2D eigenvalue weighted by molar-refractivity contribution is 0.875. The summed E-state index contributed by atoms with van der Waals surface area (Å²) in [5, 5.41) is 1.71. The van der Waals surface area contributed by atoms with Crippen LogP contribution in [-0.2, 0) is 7.05 Å². The van der Waals surface area contributed by atoms with Gasteiger partial charge in [0.05, 0.1) is 0 Å². The maximum Gasteiger partial charge on any atom is 0.258 e. The summed E-state index contributed by atoms with van der Waals surface area (Å²) >= 11 is 0. The van der Waals surface area contributed by atoms with E-state index in [-0.39, 0.29) is 5.56 Å². The molecule has 1 aromatic heterocycles. The largest absolute Gasteiger partial charge is 0.399 e. The maximum absolute atomic E-state index is 12.2. The van der Waals surface area contributed by atoms with Gasteiger partial charge in [-0.3, -0.25) is 4.79 Å². The molecule has 0 bridgehead atoms. The number of fused-ring (bicyclic) bond motifs is 1. The summed E-state index contributed by atoms with van der Waals surface area (Å²) in [6, 6.07) is 13.6. The predicted molar refractivity (Wildman–Crippen MR) is 83.8 cm³/mol. The molecule has 0 aliphatic carbocycles. The van der Waals surface area contributed by atoms with Crippen LogP contribution in [0.4, 0.5) is 5.69 Å². The van der Waals surface area contributed by atoms with Crippen LogP contribution in [0.5, 0.6) is 0 Å². The van der Waals surface area contributed by atoms with Crippen molar-refractivity contribution in [1.29, 1.82) is 0 Å². The van der Waals surface area contributed by atoms with Gasteiger partial charge in [-0.15, -0.1) is 0 Å². The van der Waals surface area contributed by atoms with Gasteiger partial charge < -0.3 is 10.3 Å². The van der Waals surface area contributed by atoms with E-state index >= 15 is 0 Å². The van der Waals surface area contributed by atoms with Crippen molar-refractivity contribution < 1.29 is 0 Å². The number of rotatable bonds is 1. The molecule has 0 spiro atoms. The highest BCUT2D eigenvalue weighted by molar-refractivity contribution is 5.96. The third kappa shape index (κ3) is 1.97. The van der Waals surface area contributed by atoms with Crippen molar-refractivity contribution in [2.75, 3.05) is 5.73 Å². The van der Waals surface area contributed by atoms with Crippen molar-refractivity contribution in [3.63, 3.8) is 0 Å². The number of hydrogen-bond donors (Lipinski definition) is 1. The molecule has 0 radical (unpaired) electrons. The molecule has 1 heterocycles. The van der Waals surface area contributed by atoms with Crippen molar-refractivity contribution in [1.82, 2.24) is 4.57 Å². The molecular weight excluding hydrogens is 248 g/mol. The molecule has 0 aliphatic heterocycles. The van der Waals surface area contributed by atoms with Gasteiger partial charge in [-0.2, -0.15) is 0 Å². The summed E-state index contributed by atoms with van der Waals surface area (Å²) in [5.41, 5.74) is 9.80. The maximum atomic E-state index is 12.2. The summed E-state index contributed by atoms with van der Waals surface area (Å²) < 4.78 is 1.62. The van der Waals surface area contributed by atoms with Gasteiger partial charge in [-0.1, -0.05) is 29.8 Å². The fourth-order valence-electron chi connectivity index (χ4n) is 2.52. The van der Waals surface area contributed by atoms with Crippen LogP contribution in [0.25, 0.3) is 21.9 Å². The second-order valence-electron chi connectivity index (χ2n) is 5.13. The van der Waals surface area contributed by atoms with E-state index in [0.29, 0.717) is 0 Å². The van der Waals surface area contributed by atoms with Gasteiger partial charge >= 0.3 is 0 Å². The van der Waals surface area contributed by atoms with Gasteiger partial charge in [-0.05, 0) is 36.1 Å². The fourth-order valence-corrected chi connectivity index (χ4v) is 2.52. The molecule has 3 rings (SSSR count). The lowest BCUT2D eigenvalue weighted by Gasteiger charge is -2.11. The van der Waals surface area contributed by atoms with Crippen molar-refractivity contribution in [3.05, 3.63) is 64.6 Å². The fraction of sp³-hybridized carbons (Fsp3) is 0.118. The van der Waals surface area contributed by atoms with E-state index in [0.717, 1.165) is 33.2 Å². The Bertz CT molecular complexity index is 862. The number of aromatic nitrogens is 1. The molecule has 0 saturated heterocycles. The molecule has 0 aliphatic rings. The first-order valence-electron chi connectivity index (χ1n) is 6.52. The van der Waals surface area contributed by atoms with Gasteiger partial charge in [0.1, 0.15) is 0 Å². The summed E-state index contributed by atoms with van der Waals surface area (Å²) in [6.07, 6.45) is 1.87. The third-order valence-corrected chi connectivity index (χ3v) is 3.54. The van der Waals surface area contributed by atoms with Crippen molar-refractivity contribution in [2.45, 2.75) is 6.92 Å². The lowest BCUT2D eigenvalue weighted by Crippen LogP contribution is -2.16. The van der Waals surface area contributed by atoms with Gasteiger partial charge in [0.2, 0.25) is 0 Å². The molecule has 2 N–H and O–H groups in total. The van der Waals surface area contributed by atoms with Crippen LogP contribution in [-0.4, -0.2) is 4.57 Å². The molecule has 0 saturated carbocycles. The Hall–Kier alpha value is -2.55. The Kier molecular flexibility index (Phi) is 2.83. The highest BCUT2D eigenvalue weighted by Crippen LogP contribution is 2.28. The Labute approximate surface area is 117 Å². The van der Waals surface area contributed by atoms with E-state index in [9.17, 15) is 4.79 Å². The van der Waals surface area contributed by atoms with Gasteiger partial charge in [0.15, 0.2) is 0 Å². The number of hydrogen-bond acceptors (Lipinski definition) is 2. The van der Waals surface area contributed by atoms with E-state index in [4.69, 9.17) is 5.73 Å². The average Bonchev–Trinajstić information content (AvgIpc) is 2.42. The Morgan fingerprint density at radius 2 is 1.85 bits per heavy atom. The minimum absolute atomic E-state index is 0.0210. The summed E-state index contributed by atoms with van der Waals surface area (Å²) in [5.74, 6) is 0. The first-order chi connectivity index (χ1) is 9.56.